The van der Waals surface area contributed by atoms with E-state index in [-0.39, 0.29) is 57.9 Å². The minimum absolute atomic E-state index is 0.00673. The number of fused-ring (bicyclic) bond motifs is 6. The molecule has 0 bridgehead atoms. The summed E-state index contributed by atoms with van der Waals surface area (Å²) in [7, 11) is 0. The van der Waals surface area contributed by atoms with E-state index in [0.29, 0.717) is 18.3 Å². The molecule has 4 saturated carbocycles. The molecule has 4 aliphatic heterocycles. The van der Waals surface area contributed by atoms with Crippen LogP contribution in [0.15, 0.2) is 11.6 Å². The second kappa shape index (κ2) is 8.73. The number of allylic oxidation sites excluding steroid dienone is 2. The first-order valence-electron chi connectivity index (χ1n) is 17.4. The molecule has 9 rings (SSSR count). The number of hydrogen-bond donors (Lipinski definition) is 5. The first-order chi connectivity index (χ1) is 21.0. The Morgan fingerprint density at radius 2 is 1.67 bits per heavy atom. The van der Waals surface area contributed by atoms with Crippen molar-refractivity contribution in [2.45, 2.75) is 153 Å². The van der Waals surface area contributed by atoms with Gasteiger partial charge < -0.3 is 49.2 Å². The number of hydrogen-bond acceptors (Lipinski definition) is 10. The molecule has 10 nitrogen and oxygen atoms in total. The zero-order valence-corrected chi connectivity index (χ0v) is 27.4. The maximum Gasteiger partial charge on any atom is 0.201 e. The first kappa shape index (κ1) is 30.4. The van der Waals surface area contributed by atoms with Crippen molar-refractivity contribution in [2.24, 2.45) is 44.8 Å². The fourth-order valence-corrected chi connectivity index (χ4v) is 13.4. The minimum Gasteiger partial charge on any atom is -0.392 e. The van der Waals surface area contributed by atoms with Gasteiger partial charge in [0.05, 0.1) is 24.9 Å². The summed E-state index contributed by atoms with van der Waals surface area (Å²) in [6, 6.07) is 0. The summed E-state index contributed by atoms with van der Waals surface area (Å²) in [4.78, 5) is 0. The van der Waals surface area contributed by atoms with Crippen LogP contribution in [0.1, 0.15) is 86.5 Å². The molecule has 0 amide bonds. The van der Waals surface area contributed by atoms with Gasteiger partial charge in [0.1, 0.15) is 30.0 Å². The van der Waals surface area contributed by atoms with Gasteiger partial charge in [0.2, 0.25) is 5.79 Å². The Labute approximate surface area is 265 Å². The Balaban J connectivity index is 1.02. The predicted molar refractivity (Wildman–Crippen MR) is 158 cm³/mol. The quantitative estimate of drug-likeness (QED) is 0.227. The smallest absolute Gasteiger partial charge is 0.201 e. The van der Waals surface area contributed by atoms with Gasteiger partial charge >= 0.3 is 0 Å². The van der Waals surface area contributed by atoms with Crippen molar-refractivity contribution in [1.29, 1.82) is 0 Å². The van der Waals surface area contributed by atoms with E-state index in [2.05, 4.69) is 40.7 Å². The van der Waals surface area contributed by atoms with Crippen LogP contribution in [0.4, 0.5) is 0 Å². The van der Waals surface area contributed by atoms with E-state index in [0.717, 1.165) is 38.5 Å². The van der Waals surface area contributed by atoms with Gasteiger partial charge in [0.15, 0.2) is 12.6 Å². The van der Waals surface area contributed by atoms with Gasteiger partial charge in [-0.25, -0.2) is 0 Å². The van der Waals surface area contributed by atoms with E-state index in [1.165, 1.54) is 5.57 Å². The fourth-order valence-electron chi connectivity index (χ4n) is 13.4. The lowest BCUT2D eigenvalue weighted by molar-refractivity contribution is -0.344. The summed E-state index contributed by atoms with van der Waals surface area (Å²) >= 11 is 0. The Morgan fingerprint density at radius 3 is 2.36 bits per heavy atom. The second-order valence-electron chi connectivity index (χ2n) is 17.9. The van der Waals surface area contributed by atoms with Crippen molar-refractivity contribution in [3.8, 4) is 0 Å². The van der Waals surface area contributed by atoms with E-state index < -0.39 is 48.4 Å². The lowest BCUT2D eigenvalue weighted by Gasteiger charge is -2.61. The van der Waals surface area contributed by atoms with E-state index in [9.17, 15) is 25.5 Å². The van der Waals surface area contributed by atoms with Crippen molar-refractivity contribution >= 4 is 0 Å². The molecule has 4 saturated heterocycles. The third kappa shape index (κ3) is 3.32. The average molecular weight is 633 g/mol. The topological polar surface area (TPSA) is 151 Å². The molecule has 9 aliphatic rings. The lowest BCUT2D eigenvalue weighted by atomic mass is 9.44. The Morgan fingerprint density at radius 1 is 0.911 bits per heavy atom. The van der Waals surface area contributed by atoms with Crippen molar-refractivity contribution in [2.75, 3.05) is 6.61 Å². The van der Waals surface area contributed by atoms with Gasteiger partial charge in [0.25, 0.3) is 0 Å². The van der Waals surface area contributed by atoms with Crippen LogP contribution in [0.5, 0.6) is 0 Å². The molecular weight excluding hydrogens is 580 g/mol. The number of aliphatic hydroxyl groups excluding tert-OH is 5. The van der Waals surface area contributed by atoms with Crippen LogP contribution in [0.3, 0.4) is 0 Å². The van der Waals surface area contributed by atoms with Crippen LogP contribution in [0.25, 0.3) is 0 Å². The van der Waals surface area contributed by atoms with Crippen molar-refractivity contribution in [1.82, 2.24) is 0 Å². The SMILES string of the molecule is C[C@@H]1C[C@@]2(O[C@H]3C[C@@]4(C)C5=CCC6C(C)(C)[C@@H](O[C@@H]7OC[C@@H](O)[C@H](O)[C@H]7O)C[C@H](O)[C@@]67C[C@@]57CC[C@]4(C)[C@@H]13)O[C@@H](O)[C@@]1(C)O[C@@H]21. The van der Waals surface area contributed by atoms with E-state index in [1.807, 2.05) is 6.92 Å². The molecule has 0 radical (unpaired) electrons. The maximum absolute atomic E-state index is 12.1. The number of ether oxygens (including phenoxy) is 5. The normalized spacial score (nSPS) is 65.1. The summed E-state index contributed by atoms with van der Waals surface area (Å²) in [6.07, 6.45) is 1.49. The summed E-state index contributed by atoms with van der Waals surface area (Å²) in [5.74, 6) is 0.0166. The molecule has 5 N–H and O–H groups in total. The molecular formula is C35H52O10. The standard InChI is InChI=1S/C35H52O10/c1-16-12-35(27-32(6,44-27)28(40)45-35)43-18-13-31(5)20-8-7-19-29(2,3)22(42-26-25(39)24(38)17(36)14-41-26)11-21(37)34(19)15-33(20,34)10-9-30(31,4)23(16)18/h8,16-19,21-28,36-40H,7,9-15H2,1-6H3/t16-,17-,18+,19?,21+,22+,23+,24+,25-,26+,27-,28-,30-,31+,32+,33+,34-,35-/m1/s1. The van der Waals surface area contributed by atoms with Crippen LogP contribution in [0, 0.1) is 44.8 Å². The molecule has 1 unspecified atom stereocenters. The molecule has 0 aromatic heterocycles. The highest BCUT2D eigenvalue weighted by Gasteiger charge is 2.85. The zero-order valence-electron chi connectivity index (χ0n) is 27.4. The number of epoxide rings is 1. The van der Waals surface area contributed by atoms with E-state index in [1.54, 1.807) is 0 Å². The molecule has 252 valence electrons. The molecule has 10 heteroatoms. The molecule has 0 aromatic carbocycles. The molecule has 4 heterocycles. The van der Waals surface area contributed by atoms with Crippen molar-refractivity contribution in [3.63, 3.8) is 0 Å². The molecule has 45 heavy (non-hydrogen) atoms. The Bertz CT molecular complexity index is 1340. The Hall–Kier alpha value is -0.660. The average Bonchev–Trinajstić information content (AvgIpc) is 3.82. The summed E-state index contributed by atoms with van der Waals surface area (Å²) in [6.45, 7) is 13.5. The van der Waals surface area contributed by atoms with Gasteiger partial charge in [-0.2, -0.15) is 0 Å². The highest BCUT2D eigenvalue weighted by molar-refractivity contribution is 5.47. The third-order valence-corrected chi connectivity index (χ3v) is 15.8. The predicted octanol–water partition coefficient (Wildman–Crippen LogP) is 2.38. The zero-order chi connectivity index (χ0) is 31.9. The lowest BCUT2D eigenvalue weighted by Crippen LogP contribution is -2.61. The maximum atomic E-state index is 12.1. The highest BCUT2D eigenvalue weighted by atomic mass is 16.8. The minimum atomic E-state index is -1.36. The molecule has 0 aromatic rings. The first-order valence-corrected chi connectivity index (χ1v) is 17.4. The van der Waals surface area contributed by atoms with Crippen LogP contribution in [-0.2, 0) is 23.7 Å². The molecule has 18 atom stereocenters. The van der Waals surface area contributed by atoms with Crippen LogP contribution in [-0.4, -0.2) is 98.8 Å². The van der Waals surface area contributed by atoms with Gasteiger partial charge in [-0.1, -0.05) is 46.3 Å². The summed E-state index contributed by atoms with van der Waals surface area (Å²) in [5, 5.41) is 53.6. The van der Waals surface area contributed by atoms with Gasteiger partial charge in [-0.05, 0) is 73.0 Å². The molecule has 3 spiro atoms. The van der Waals surface area contributed by atoms with Gasteiger partial charge in [-0.15, -0.1) is 0 Å². The number of rotatable bonds is 2. The molecule has 5 aliphatic carbocycles. The van der Waals surface area contributed by atoms with Gasteiger partial charge in [-0.3, -0.25) is 0 Å². The fraction of sp³-hybridized carbons (Fsp3) is 0.943. The monoisotopic (exact) mass is 632 g/mol. The summed E-state index contributed by atoms with van der Waals surface area (Å²) in [5.41, 5.74) is 0.200. The second-order valence-corrected chi connectivity index (χ2v) is 17.9. The van der Waals surface area contributed by atoms with Crippen molar-refractivity contribution in [3.05, 3.63) is 11.6 Å². The van der Waals surface area contributed by atoms with E-state index in [4.69, 9.17) is 23.7 Å². The van der Waals surface area contributed by atoms with Crippen LogP contribution in [0.2, 0.25) is 0 Å². The highest BCUT2D eigenvalue weighted by Crippen LogP contribution is 2.88. The summed E-state index contributed by atoms with van der Waals surface area (Å²) < 4.78 is 31.1. The molecule has 8 fully saturated rings. The third-order valence-electron chi connectivity index (χ3n) is 15.8. The number of aliphatic hydroxyl groups is 5. The van der Waals surface area contributed by atoms with Crippen molar-refractivity contribution < 1.29 is 49.2 Å². The van der Waals surface area contributed by atoms with E-state index >= 15 is 0 Å². The Kier molecular flexibility index (Phi) is 5.90. The largest absolute Gasteiger partial charge is 0.392 e. The van der Waals surface area contributed by atoms with Crippen LogP contribution >= 0.6 is 0 Å². The van der Waals surface area contributed by atoms with Crippen LogP contribution < -0.4 is 0 Å². The van der Waals surface area contributed by atoms with Gasteiger partial charge in [0, 0.05) is 23.7 Å².